The van der Waals surface area contributed by atoms with Crippen LogP contribution in [0.1, 0.15) is 18.7 Å². The maximum atomic E-state index is 12.9. The highest BCUT2D eigenvalue weighted by Crippen LogP contribution is 2.30. The molecule has 1 N–H and O–H groups in total. The van der Waals surface area contributed by atoms with Crippen LogP contribution in [0.15, 0.2) is 41.2 Å². The predicted molar refractivity (Wildman–Crippen MR) is 106 cm³/mol. The van der Waals surface area contributed by atoms with Gasteiger partial charge < -0.3 is 10.1 Å². The van der Waals surface area contributed by atoms with Crippen LogP contribution in [0.25, 0.3) is 20.7 Å². The fourth-order valence-electron chi connectivity index (χ4n) is 3.28. The standard InChI is InChI=1S/C20H21N3O3S/c1-13-22-19-16(10-17(27-19)14-6-3-2-4-7-14)20(25)23(13)12-18(24)21-11-15-8-5-9-26-15/h2-4,6-7,10,15H,5,8-9,11-12H2,1H3,(H,21,24). The van der Waals surface area contributed by atoms with Gasteiger partial charge in [-0.3, -0.25) is 14.2 Å². The summed E-state index contributed by atoms with van der Waals surface area (Å²) in [5.41, 5.74) is 0.876. The number of fused-ring (bicyclic) bond motifs is 1. The van der Waals surface area contributed by atoms with Crippen molar-refractivity contribution in [1.29, 1.82) is 0 Å². The van der Waals surface area contributed by atoms with Crippen molar-refractivity contribution in [2.45, 2.75) is 32.4 Å². The highest BCUT2D eigenvalue weighted by atomic mass is 32.1. The molecule has 1 aromatic carbocycles. The first-order chi connectivity index (χ1) is 13.1. The fraction of sp³-hybridized carbons (Fsp3) is 0.350. The SMILES string of the molecule is Cc1nc2sc(-c3ccccc3)cc2c(=O)n1CC(=O)NCC1CCCO1. The first-order valence-electron chi connectivity index (χ1n) is 9.06. The maximum Gasteiger partial charge on any atom is 0.262 e. The second kappa shape index (κ2) is 7.62. The number of nitrogens with zero attached hydrogens (tertiary/aromatic N) is 2. The Labute approximate surface area is 160 Å². The Morgan fingerprint density at radius 2 is 2.19 bits per heavy atom. The van der Waals surface area contributed by atoms with Crippen LogP contribution in [0.4, 0.5) is 0 Å². The minimum atomic E-state index is -0.199. The normalized spacial score (nSPS) is 16.7. The van der Waals surface area contributed by atoms with Crippen LogP contribution in [0.2, 0.25) is 0 Å². The minimum Gasteiger partial charge on any atom is -0.376 e. The maximum absolute atomic E-state index is 12.9. The van der Waals surface area contributed by atoms with Crippen LogP contribution in [-0.4, -0.2) is 34.7 Å². The number of nitrogens with one attached hydrogen (secondary N) is 1. The topological polar surface area (TPSA) is 73.2 Å². The van der Waals surface area contributed by atoms with E-state index in [1.807, 2.05) is 36.4 Å². The highest BCUT2D eigenvalue weighted by Gasteiger charge is 2.18. The van der Waals surface area contributed by atoms with Crippen molar-refractivity contribution in [3.05, 3.63) is 52.6 Å². The molecule has 140 valence electrons. The van der Waals surface area contributed by atoms with E-state index < -0.39 is 0 Å². The Bertz CT molecular complexity index is 1020. The van der Waals surface area contributed by atoms with E-state index in [0.717, 1.165) is 29.9 Å². The number of carbonyl (C=O) groups excluding carboxylic acids is 1. The molecule has 4 rings (SSSR count). The lowest BCUT2D eigenvalue weighted by atomic mass is 10.2. The summed E-state index contributed by atoms with van der Waals surface area (Å²) in [5.74, 6) is 0.344. The molecule has 0 bridgehead atoms. The van der Waals surface area contributed by atoms with E-state index in [2.05, 4.69) is 10.3 Å². The molecular formula is C20H21N3O3S. The third-order valence-corrected chi connectivity index (χ3v) is 5.83. The number of aryl methyl sites for hydroxylation is 1. The Hall–Kier alpha value is -2.51. The number of rotatable bonds is 5. The van der Waals surface area contributed by atoms with Crippen LogP contribution >= 0.6 is 11.3 Å². The van der Waals surface area contributed by atoms with Crippen LogP contribution in [0, 0.1) is 6.92 Å². The van der Waals surface area contributed by atoms with Gasteiger partial charge in [0.2, 0.25) is 5.91 Å². The molecule has 0 saturated carbocycles. The molecule has 1 fully saturated rings. The van der Waals surface area contributed by atoms with Gasteiger partial charge in [-0.1, -0.05) is 30.3 Å². The molecule has 1 aliphatic heterocycles. The minimum absolute atomic E-state index is 0.0309. The molecule has 2 aromatic heterocycles. The van der Waals surface area contributed by atoms with Crippen LogP contribution in [0.5, 0.6) is 0 Å². The van der Waals surface area contributed by atoms with Gasteiger partial charge in [0.25, 0.3) is 5.56 Å². The Morgan fingerprint density at radius 3 is 2.93 bits per heavy atom. The van der Waals surface area contributed by atoms with Crippen molar-refractivity contribution < 1.29 is 9.53 Å². The van der Waals surface area contributed by atoms with E-state index in [9.17, 15) is 9.59 Å². The zero-order valence-electron chi connectivity index (χ0n) is 15.1. The first-order valence-corrected chi connectivity index (χ1v) is 9.88. The molecule has 27 heavy (non-hydrogen) atoms. The van der Waals surface area contributed by atoms with Crippen molar-refractivity contribution in [3.8, 4) is 10.4 Å². The summed E-state index contributed by atoms with van der Waals surface area (Å²) in [6.07, 6.45) is 2.07. The van der Waals surface area contributed by atoms with Gasteiger partial charge in [0.1, 0.15) is 17.2 Å². The Balaban J connectivity index is 1.57. The molecule has 6 nitrogen and oxygen atoms in total. The average molecular weight is 383 g/mol. The number of benzene rings is 1. The van der Waals surface area contributed by atoms with Gasteiger partial charge in [-0.2, -0.15) is 0 Å². The number of aromatic nitrogens is 2. The Morgan fingerprint density at radius 1 is 1.37 bits per heavy atom. The van der Waals surface area contributed by atoms with Crippen LogP contribution in [0.3, 0.4) is 0 Å². The van der Waals surface area contributed by atoms with Crippen LogP contribution in [-0.2, 0) is 16.1 Å². The fourth-order valence-corrected chi connectivity index (χ4v) is 4.35. The van der Waals surface area contributed by atoms with Gasteiger partial charge in [-0.25, -0.2) is 4.98 Å². The van der Waals surface area contributed by atoms with E-state index >= 15 is 0 Å². The van der Waals surface area contributed by atoms with E-state index in [1.54, 1.807) is 6.92 Å². The van der Waals surface area contributed by atoms with E-state index in [1.165, 1.54) is 15.9 Å². The largest absolute Gasteiger partial charge is 0.376 e. The van der Waals surface area contributed by atoms with Crippen molar-refractivity contribution in [2.75, 3.05) is 13.2 Å². The predicted octanol–water partition coefficient (Wildman–Crippen LogP) is 2.73. The third kappa shape index (κ3) is 3.79. The van der Waals surface area contributed by atoms with Gasteiger partial charge in [0.15, 0.2) is 0 Å². The average Bonchev–Trinajstić information content (AvgIpc) is 3.34. The number of amides is 1. The highest BCUT2D eigenvalue weighted by molar-refractivity contribution is 7.21. The summed E-state index contributed by atoms with van der Waals surface area (Å²) in [5, 5.41) is 3.41. The lowest BCUT2D eigenvalue weighted by molar-refractivity contribution is -0.122. The summed E-state index contributed by atoms with van der Waals surface area (Å²) >= 11 is 1.49. The molecule has 1 atom stereocenters. The molecule has 1 unspecified atom stereocenters. The van der Waals surface area contributed by atoms with Gasteiger partial charge in [0.05, 0.1) is 11.5 Å². The van der Waals surface area contributed by atoms with Gasteiger partial charge in [-0.05, 0) is 31.4 Å². The molecule has 1 aliphatic rings. The zero-order chi connectivity index (χ0) is 18.8. The summed E-state index contributed by atoms with van der Waals surface area (Å²) in [6.45, 7) is 2.97. The third-order valence-electron chi connectivity index (χ3n) is 4.75. The lowest BCUT2D eigenvalue weighted by Gasteiger charge is -2.12. The number of hydrogen-bond donors (Lipinski definition) is 1. The molecule has 0 aliphatic carbocycles. The van der Waals surface area contributed by atoms with Gasteiger partial charge in [-0.15, -0.1) is 11.3 Å². The molecule has 7 heteroatoms. The number of ether oxygens (including phenoxy) is 1. The molecular weight excluding hydrogens is 362 g/mol. The van der Waals surface area contributed by atoms with E-state index in [4.69, 9.17) is 4.74 Å². The molecule has 1 amide bonds. The van der Waals surface area contributed by atoms with Gasteiger partial charge >= 0.3 is 0 Å². The second-order valence-electron chi connectivity index (χ2n) is 6.68. The lowest BCUT2D eigenvalue weighted by Crippen LogP contribution is -2.37. The van der Waals surface area contributed by atoms with Crippen molar-refractivity contribution in [3.63, 3.8) is 0 Å². The summed E-state index contributed by atoms with van der Waals surface area (Å²) < 4.78 is 6.95. The van der Waals surface area contributed by atoms with Gasteiger partial charge in [0, 0.05) is 18.0 Å². The quantitative estimate of drug-likeness (QED) is 0.735. The monoisotopic (exact) mass is 383 g/mol. The van der Waals surface area contributed by atoms with Crippen LogP contribution < -0.4 is 10.9 Å². The number of thiophene rings is 1. The number of hydrogen-bond acceptors (Lipinski definition) is 5. The second-order valence-corrected chi connectivity index (χ2v) is 7.72. The van der Waals surface area contributed by atoms with E-state index in [0.29, 0.717) is 22.6 Å². The Kier molecular flexibility index (Phi) is 5.05. The molecule has 3 heterocycles. The van der Waals surface area contributed by atoms with E-state index in [-0.39, 0.29) is 24.1 Å². The molecule has 0 spiro atoms. The van der Waals surface area contributed by atoms with Crippen molar-refractivity contribution >= 4 is 27.5 Å². The molecule has 0 radical (unpaired) electrons. The first kappa shape index (κ1) is 17.9. The van der Waals surface area contributed by atoms with Crippen molar-refractivity contribution in [2.24, 2.45) is 0 Å². The summed E-state index contributed by atoms with van der Waals surface area (Å²) in [6, 6.07) is 11.8. The molecule has 3 aromatic rings. The summed E-state index contributed by atoms with van der Waals surface area (Å²) in [4.78, 5) is 31.4. The smallest absolute Gasteiger partial charge is 0.262 e. The summed E-state index contributed by atoms with van der Waals surface area (Å²) in [7, 11) is 0. The van der Waals surface area contributed by atoms with Crippen molar-refractivity contribution in [1.82, 2.24) is 14.9 Å². The molecule has 1 saturated heterocycles. The zero-order valence-corrected chi connectivity index (χ0v) is 15.9. The number of carbonyl (C=O) groups is 1.